The third kappa shape index (κ3) is 5.74. The molecule has 0 fully saturated rings. The Hall–Kier alpha value is -2.36. The van der Waals surface area contributed by atoms with Gasteiger partial charge in [-0.3, -0.25) is 9.78 Å². The van der Waals surface area contributed by atoms with E-state index in [1.807, 2.05) is 12.1 Å². The zero-order chi connectivity index (χ0) is 16.7. The third-order valence-corrected chi connectivity index (χ3v) is 3.58. The second-order valence-electron chi connectivity index (χ2n) is 6.21. The summed E-state index contributed by atoms with van der Waals surface area (Å²) >= 11 is 0. The zero-order valence-corrected chi connectivity index (χ0v) is 14.1. The van der Waals surface area contributed by atoms with Crippen LogP contribution in [0.1, 0.15) is 41.9 Å². The molecule has 2 rings (SSSR count). The minimum atomic E-state index is -0.121. The molecule has 0 unspecified atom stereocenters. The fourth-order valence-electron chi connectivity index (χ4n) is 2.26. The highest BCUT2D eigenvalue weighted by atomic mass is 16.1. The first-order valence-corrected chi connectivity index (χ1v) is 8.08. The second kappa shape index (κ2) is 8.32. The molecule has 2 N–H and O–H groups in total. The summed E-state index contributed by atoms with van der Waals surface area (Å²) in [5.74, 6) is 0.454. The van der Waals surface area contributed by atoms with Crippen LogP contribution in [0.25, 0.3) is 0 Å². The number of hydrogen-bond acceptors (Lipinski definition) is 3. The van der Waals surface area contributed by atoms with Crippen molar-refractivity contribution in [3.05, 3.63) is 59.4 Å². The Bertz CT molecular complexity index is 653. The van der Waals surface area contributed by atoms with Gasteiger partial charge in [-0.05, 0) is 37.0 Å². The quantitative estimate of drug-likeness (QED) is 0.818. The van der Waals surface area contributed by atoms with Gasteiger partial charge >= 0.3 is 0 Å². The predicted octanol–water partition coefficient (Wildman–Crippen LogP) is 3.78. The zero-order valence-electron chi connectivity index (χ0n) is 14.1. The van der Waals surface area contributed by atoms with Crippen LogP contribution in [-0.2, 0) is 6.54 Å². The Balaban J connectivity index is 1.92. The smallest absolute Gasteiger partial charge is 0.269 e. The highest BCUT2D eigenvalue weighted by molar-refractivity contribution is 5.93. The van der Waals surface area contributed by atoms with E-state index in [1.165, 1.54) is 11.1 Å². The number of nitrogens with one attached hydrogen (secondary N) is 2. The van der Waals surface area contributed by atoms with E-state index in [2.05, 4.69) is 54.6 Å². The van der Waals surface area contributed by atoms with Gasteiger partial charge in [0.25, 0.3) is 5.91 Å². The van der Waals surface area contributed by atoms with Gasteiger partial charge in [0.05, 0.1) is 0 Å². The van der Waals surface area contributed by atoms with Crippen molar-refractivity contribution in [1.29, 1.82) is 0 Å². The Morgan fingerprint density at radius 2 is 2.04 bits per heavy atom. The molecule has 122 valence electrons. The van der Waals surface area contributed by atoms with Crippen LogP contribution in [0.5, 0.6) is 0 Å². The molecule has 0 spiro atoms. The summed E-state index contributed by atoms with van der Waals surface area (Å²) in [6.45, 7) is 7.76. The fourth-order valence-corrected chi connectivity index (χ4v) is 2.26. The lowest BCUT2D eigenvalue weighted by molar-refractivity contribution is 0.0947. The number of aryl methyl sites for hydroxylation is 1. The maximum Gasteiger partial charge on any atom is 0.269 e. The Morgan fingerprint density at radius 1 is 1.22 bits per heavy atom. The topological polar surface area (TPSA) is 54.0 Å². The maximum absolute atomic E-state index is 12.1. The van der Waals surface area contributed by atoms with Crippen molar-refractivity contribution in [2.75, 3.05) is 11.9 Å². The Labute approximate surface area is 138 Å². The molecule has 2 aromatic rings. The number of amides is 1. The minimum absolute atomic E-state index is 0.121. The van der Waals surface area contributed by atoms with Gasteiger partial charge in [0.1, 0.15) is 5.69 Å². The molecular weight excluding hydrogens is 286 g/mol. The number of aromatic nitrogens is 1. The predicted molar refractivity (Wildman–Crippen MR) is 94.5 cm³/mol. The normalized spacial score (nSPS) is 10.6. The number of hydrogen-bond donors (Lipinski definition) is 2. The summed E-state index contributed by atoms with van der Waals surface area (Å²) in [5.41, 5.74) is 3.80. The van der Waals surface area contributed by atoms with Crippen LogP contribution in [0, 0.1) is 12.8 Å². The van der Waals surface area contributed by atoms with Crippen molar-refractivity contribution in [1.82, 2.24) is 10.3 Å². The van der Waals surface area contributed by atoms with Crippen LogP contribution < -0.4 is 10.6 Å². The summed E-state index contributed by atoms with van der Waals surface area (Å²) in [6, 6.07) is 12.0. The van der Waals surface area contributed by atoms with Crippen LogP contribution in [0.15, 0.2) is 42.6 Å². The van der Waals surface area contributed by atoms with E-state index in [0.717, 1.165) is 18.7 Å². The van der Waals surface area contributed by atoms with E-state index in [0.29, 0.717) is 18.2 Å². The van der Waals surface area contributed by atoms with Gasteiger partial charge in [0.2, 0.25) is 0 Å². The number of benzene rings is 1. The molecule has 1 heterocycles. The Morgan fingerprint density at radius 3 is 2.78 bits per heavy atom. The molecular formula is C19H25N3O. The largest absolute Gasteiger partial charge is 0.381 e. The molecule has 4 heteroatoms. The summed E-state index contributed by atoms with van der Waals surface area (Å²) in [6.07, 6.45) is 2.63. The molecule has 1 aromatic carbocycles. The molecule has 0 aliphatic heterocycles. The van der Waals surface area contributed by atoms with Crippen LogP contribution in [0.4, 0.5) is 5.69 Å². The SMILES string of the molecule is Cc1cccc(CNc2ccnc(C(=O)NCCC(C)C)c2)c1. The van der Waals surface area contributed by atoms with Gasteiger partial charge in [0, 0.05) is 25.0 Å². The van der Waals surface area contributed by atoms with E-state index >= 15 is 0 Å². The second-order valence-corrected chi connectivity index (χ2v) is 6.21. The summed E-state index contributed by atoms with van der Waals surface area (Å²) in [7, 11) is 0. The average Bonchev–Trinajstić information content (AvgIpc) is 2.53. The lowest BCUT2D eigenvalue weighted by Crippen LogP contribution is -2.26. The molecule has 0 saturated carbocycles. The first kappa shape index (κ1) is 17.0. The molecule has 4 nitrogen and oxygen atoms in total. The molecule has 1 aromatic heterocycles. The van der Waals surface area contributed by atoms with Gasteiger partial charge in [-0.25, -0.2) is 0 Å². The fraction of sp³-hybridized carbons (Fsp3) is 0.368. The van der Waals surface area contributed by atoms with Gasteiger partial charge in [0.15, 0.2) is 0 Å². The average molecular weight is 311 g/mol. The number of carbonyl (C=O) groups excluding carboxylic acids is 1. The minimum Gasteiger partial charge on any atom is -0.381 e. The molecule has 23 heavy (non-hydrogen) atoms. The highest BCUT2D eigenvalue weighted by Gasteiger charge is 2.07. The lowest BCUT2D eigenvalue weighted by atomic mass is 10.1. The Kier molecular flexibility index (Phi) is 6.15. The first-order chi connectivity index (χ1) is 11.0. The standard InChI is InChI=1S/C19H25N3O/c1-14(2)7-9-21-19(23)18-12-17(8-10-20-18)22-13-16-6-4-5-15(3)11-16/h4-6,8,10-12,14H,7,9,13H2,1-3H3,(H,20,22)(H,21,23). The molecule has 0 saturated heterocycles. The van der Waals surface area contributed by atoms with Gasteiger partial charge < -0.3 is 10.6 Å². The molecule has 0 radical (unpaired) electrons. The number of rotatable bonds is 7. The van der Waals surface area contributed by atoms with Crippen molar-refractivity contribution in [2.24, 2.45) is 5.92 Å². The van der Waals surface area contributed by atoms with Crippen LogP contribution in [0.2, 0.25) is 0 Å². The summed E-state index contributed by atoms with van der Waals surface area (Å²) < 4.78 is 0. The van der Waals surface area contributed by atoms with Gasteiger partial charge in [-0.2, -0.15) is 0 Å². The summed E-state index contributed by atoms with van der Waals surface area (Å²) in [4.78, 5) is 16.3. The summed E-state index contributed by atoms with van der Waals surface area (Å²) in [5, 5.41) is 6.25. The number of pyridine rings is 1. The first-order valence-electron chi connectivity index (χ1n) is 8.08. The van der Waals surface area contributed by atoms with Crippen LogP contribution in [-0.4, -0.2) is 17.4 Å². The number of anilines is 1. The van der Waals surface area contributed by atoms with E-state index in [-0.39, 0.29) is 5.91 Å². The maximum atomic E-state index is 12.1. The molecule has 1 amide bonds. The molecule has 0 aliphatic carbocycles. The van der Waals surface area contributed by atoms with Gasteiger partial charge in [-0.1, -0.05) is 43.7 Å². The van der Waals surface area contributed by atoms with Crippen molar-refractivity contribution in [3.8, 4) is 0 Å². The molecule has 0 aliphatic rings. The van der Waals surface area contributed by atoms with Gasteiger partial charge in [-0.15, -0.1) is 0 Å². The van der Waals surface area contributed by atoms with E-state index < -0.39 is 0 Å². The number of carbonyl (C=O) groups is 1. The van der Waals surface area contributed by atoms with Crippen molar-refractivity contribution in [2.45, 2.75) is 33.7 Å². The monoisotopic (exact) mass is 311 g/mol. The highest BCUT2D eigenvalue weighted by Crippen LogP contribution is 2.11. The third-order valence-electron chi connectivity index (χ3n) is 3.58. The number of nitrogens with zero attached hydrogens (tertiary/aromatic N) is 1. The van der Waals surface area contributed by atoms with Crippen LogP contribution in [0.3, 0.4) is 0 Å². The van der Waals surface area contributed by atoms with E-state index in [4.69, 9.17) is 0 Å². The van der Waals surface area contributed by atoms with Crippen molar-refractivity contribution >= 4 is 11.6 Å². The van der Waals surface area contributed by atoms with Crippen molar-refractivity contribution in [3.63, 3.8) is 0 Å². The molecule has 0 atom stereocenters. The molecule has 0 bridgehead atoms. The van der Waals surface area contributed by atoms with E-state index in [9.17, 15) is 4.79 Å². The van der Waals surface area contributed by atoms with Crippen LogP contribution >= 0.6 is 0 Å². The lowest BCUT2D eigenvalue weighted by Gasteiger charge is -2.10. The van der Waals surface area contributed by atoms with Crippen molar-refractivity contribution < 1.29 is 4.79 Å². The van der Waals surface area contributed by atoms with E-state index in [1.54, 1.807) is 12.3 Å².